The van der Waals surface area contributed by atoms with Gasteiger partial charge in [-0.15, -0.1) is 0 Å². The van der Waals surface area contributed by atoms with Crippen molar-refractivity contribution in [3.63, 3.8) is 0 Å². The number of nitro groups is 1. The molecule has 3 atom stereocenters. The lowest BCUT2D eigenvalue weighted by Gasteiger charge is -2.33. The highest BCUT2D eigenvalue weighted by molar-refractivity contribution is 5.61. The van der Waals surface area contributed by atoms with Gasteiger partial charge >= 0.3 is 0 Å². The molecule has 1 N–H and O–H groups in total. The lowest BCUT2D eigenvalue weighted by Crippen LogP contribution is -2.33. The van der Waals surface area contributed by atoms with E-state index in [-0.39, 0.29) is 10.6 Å². The van der Waals surface area contributed by atoms with Crippen LogP contribution in [-0.2, 0) is 0 Å². The molecule has 1 saturated carbocycles. The Kier molecular flexibility index (Phi) is 3.84. The van der Waals surface area contributed by atoms with Crippen molar-refractivity contribution in [3.8, 4) is 0 Å². The van der Waals surface area contributed by atoms with E-state index in [1.807, 2.05) is 6.07 Å². The molecular formula is C14H20N2O2. The second-order valence-electron chi connectivity index (χ2n) is 5.42. The highest BCUT2D eigenvalue weighted by atomic mass is 16.6. The molecule has 0 radical (unpaired) electrons. The zero-order chi connectivity index (χ0) is 13.1. The van der Waals surface area contributed by atoms with Gasteiger partial charge in [-0.1, -0.05) is 26.0 Å². The van der Waals surface area contributed by atoms with Crippen LogP contribution in [-0.4, -0.2) is 11.0 Å². The summed E-state index contributed by atoms with van der Waals surface area (Å²) < 4.78 is 0. The summed E-state index contributed by atoms with van der Waals surface area (Å²) in [6, 6.07) is 7.24. The predicted octanol–water partition coefficient (Wildman–Crippen LogP) is 3.83. The van der Waals surface area contributed by atoms with Gasteiger partial charge in [-0.3, -0.25) is 10.1 Å². The third-order valence-corrected chi connectivity index (χ3v) is 3.87. The molecule has 1 fully saturated rings. The number of nitrogens with one attached hydrogen (secondary N) is 1. The standard InChI is InChI=1S/C14H20N2O2/c1-10-7-8-12(11(2)9-10)15-13-5-3-4-6-14(13)16(17)18/h3-6,10-12,15H,7-9H2,1-2H3. The number of nitro benzene ring substituents is 1. The van der Waals surface area contributed by atoms with Crippen LogP contribution in [0.3, 0.4) is 0 Å². The van der Waals surface area contributed by atoms with Crippen LogP contribution in [0.5, 0.6) is 0 Å². The number of anilines is 1. The molecule has 98 valence electrons. The number of rotatable bonds is 3. The minimum atomic E-state index is -0.321. The first-order chi connectivity index (χ1) is 8.58. The van der Waals surface area contributed by atoms with Crippen LogP contribution >= 0.6 is 0 Å². The van der Waals surface area contributed by atoms with E-state index in [0.29, 0.717) is 17.6 Å². The quantitative estimate of drug-likeness (QED) is 0.653. The van der Waals surface area contributed by atoms with Crippen molar-refractivity contribution in [2.45, 2.75) is 39.2 Å². The van der Waals surface area contributed by atoms with Crippen LogP contribution in [0.15, 0.2) is 24.3 Å². The fourth-order valence-corrected chi connectivity index (χ4v) is 2.83. The van der Waals surface area contributed by atoms with E-state index < -0.39 is 0 Å². The Hall–Kier alpha value is -1.58. The van der Waals surface area contributed by atoms with Gasteiger partial charge in [0.25, 0.3) is 5.69 Å². The summed E-state index contributed by atoms with van der Waals surface area (Å²) >= 11 is 0. The zero-order valence-corrected chi connectivity index (χ0v) is 10.9. The molecule has 0 bridgehead atoms. The predicted molar refractivity (Wildman–Crippen MR) is 72.7 cm³/mol. The Bertz CT molecular complexity index is 434. The monoisotopic (exact) mass is 248 g/mol. The molecule has 1 aliphatic rings. The molecule has 0 heterocycles. The molecule has 0 aromatic heterocycles. The summed E-state index contributed by atoms with van der Waals surface area (Å²) in [4.78, 5) is 10.6. The summed E-state index contributed by atoms with van der Waals surface area (Å²) in [6.45, 7) is 4.50. The van der Waals surface area contributed by atoms with E-state index >= 15 is 0 Å². The van der Waals surface area contributed by atoms with Gasteiger partial charge in [-0.25, -0.2) is 0 Å². The molecule has 1 aromatic rings. The van der Waals surface area contributed by atoms with Crippen molar-refractivity contribution in [2.75, 3.05) is 5.32 Å². The van der Waals surface area contributed by atoms with Crippen LogP contribution in [0.2, 0.25) is 0 Å². The summed E-state index contributed by atoms with van der Waals surface area (Å²) in [5.74, 6) is 1.33. The van der Waals surface area contributed by atoms with Gasteiger partial charge in [-0.2, -0.15) is 0 Å². The Labute approximate surface area is 108 Å². The summed E-state index contributed by atoms with van der Waals surface area (Å²) in [5, 5.41) is 14.3. The third-order valence-electron chi connectivity index (χ3n) is 3.87. The van der Waals surface area contributed by atoms with Crippen molar-refractivity contribution < 1.29 is 4.92 Å². The second kappa shape index (κ2) is 5.38. The van der Waals surface area contributed by atoms with E-state index in [0.717, 1.165) is 12.3 Å². The molecule has 0 amide bonds. The minimum Gasteiger partial charge on any atom is -0.376 e. The Morgan fingerprint density at radius 3 is 2.67 bits per heavy atom. The van der Waals surface area contributed by atoms with Gasteiger partial charge in [0.05, 0.1) is 4.92 Å². The lowest BCUT2D eigenvalue weighted by atomic mass is 9.80. The fourth-order valence-electron chi connectivity index (χ4n) is 2.83. The first-order valence-corrected chi connectivity index (χ1v) is 6.58. The number of benzene rings is 1. The lowest BCUT2D eigenvalue weighted by molar-refractivity contribution is -0.384. The molecular weight excluding hydrogens is 228 g/mol. The highest BCUT2D eigenvalue weighted by Crippen LogP contribution is 2.33. The van der Waals surface area contributed by atoms with Crippen LogP contribution < -0.4 is 5.32 Å². The molecule has 0 saturated heterocycles. The zero-order valence-electron chi connectivity index (χ0n) is 10.9. The highest BCUT2D eigenvalue weighted by Gasteiger charge is 2.26. The van der Waals surface area contributed by atoms with Gasteiger partial charge in [0.2, 0.25) is 0 Å². The average Bonchev–Trinajstić information content (AvgIpc) is 2.33. The molecule has 1 aromatic carbocycles. The number of nitrogens with zero attached hydrogens (tertiary/aromatic N) is 1. The van der Waals surface area contributed by atoms with E-state index in [9.17, 15) is 10.1 Å². The van der Waals surface area contributed by atoms with Crippen LogP contribution in [0.25, 0.3) is 0 Å². The van der Waals surface area contributed by atoms with Crippen molar-refractivity contribution >= 4 is 11.4 Å². The summed E-state index contributed by atoms with van der Waals surface area (Å²) in [6.07, 6.45) is 3.48. The van der Waals surface area contributed by atoms with Crippen molar-refractivity contribution in [1.82, 2.24) is 0 Å². The van der Waals surface area contributed by atoms with E-state index in [4.69, 9.17) is 0 Å². The molecule has 0 aliphatic heterocycles. The molecule has 3 unspecified atom stereocenters. The SMILES string of the molecule is CC1CCC(Nc2ccccc2[N+](=O)[O-])C(C)C1. The maximum absolute atomic E-state index is 11.0. The van der Waals surface area contributed by atoms with Gasteiger partial charge in [0.1, 0.15) is 5.69 Å². The van der Waals surface area contributed by atoms with Gasteiger partial charge in [0.15, 0.2) is 0 Å². The fraction of sp³-hybridized carbons (Fsp3) is 0.571. The molecule has 1 aliphatic carbocycles. The summed E-state index contributed by atoms with van der Waals surface area (Å²) in [7, 11) is 0. The largest absolute Gasteiger partial charge is 0.376 e. The van der Waals surface area contributed by atoms with Crippen molar-refractivity contribution in [3.05, 3.63) is 34.4 Å². The van der Waals surface area contributed by atoms with Gasteiger partial charge < -0.3 is 5.32 Å². The minimum absolute atomic E-state index is 0.170. The van der Waals surface area contributed by atoms with Crippen molar-refractivity contribution in [2.24, 2.45) is 11.8 Å². The first-order valence-electron chi connectivity index (χ1n) is 6.58. The molecule has 18 heavy (non-hydrogen) atoms. The molecule has 4 nitrogen and oxygen atoms in total. The maximum Gasteiger partial charge on any atom is 0.292 e. The molecule has 2 rings (SSSR count). The molecule has 4 heteroatoms. The third kappa shape index (κ3) is 2.81. The van der Waals surface area contributed by atoms with Crippen LogP contribution in [0.4, 0.5) is 11.4 Å². The molecule has 0 spiro atoms. The number of hydrogen-bond acceptors (Lipinski definition) is 3. The van der Waals surface area contributed by atoms with Gasteiger partial charge in [-0.05, 0) is 37.2 Å². The maximum atomic E-state index is 11.0. The van der Waals surface area contributed by atoms with Crippen molar-refractivity contribution in [1.29, 1.82) is 0 Å². The van der Waals surface area contributed by atoms with Crippen LogP contribution in [0, 0.1) is 22.0 Å². The number of para-hydroxylation sites is 2. The second-order valence-corrected chi connectivity index (χ2v) is 5.42. The van der Waals surface area contributed by atoms with Gasteiger partial charge in [0, 0.05) is 12.1 Å². The normalized spacial score (nSPS) is 27.8. The van der Waals surface area contributed by atoms with Crippen LogP contribution in [0.1, 0.15) is 33.1 Å². The first kappa shape index (κ1) is 12.9. The Balaban J connectivity index is 2.12. The average molecular weight is 248 g/mol. The Morgan fingerprint density at radius 2 is 2.00 bits per heavy atom. The van der Waals surface area contributed by atoms with E-state index in [1.54, 1.807) is 18.2 Å². The number of hydrogen-bond donors (Lipinski definition) is 1. The van der Waals surface area contributed by atoms with E-state index in [2.05, 4.69) is 19.2 Å². The Morgan fingerprint density at radius 1 is 1.28 bits per heavy atom. The topological polar surface area (TPSA) is 55.2 Å². The smallest absolute Gasteiger partial charge is 0.292 e. The summed E-state index contributed by atoms with van der Waals surface area (Å²) in [5.41, 5.74) is 0.817. The van der Waals surface area contributed by atoms with E-state index in [1.165, 1.54) is 12.8 Å².